The minimum atomic E-state index is -4.40. The van der Waals surface area contributed by atoms with E-state index in [0.717, 1.165) is 42.0 Å². The lowest BCUT2D eigenvalue weighted by molar-refractivity contribution is -0.137. The number of alkyl halides is 3. The first kappa shape index (κ1) is 21.3. The van der Waals surface area contributed by atoms with Gasteiger partial charge in [0.2, 0.25) is 0 Å². The Kier molecular flexibility index (Phi) is 6.68. The number of nitrogens with zero attached hydrogens (tertiary/aromatic N) is 2. The highest BCUT2D eigenvalue weighted by atomic mass is 19.4. The number of aromatic nitrogens is 1. The summed E-state index contributed by atoms with van der Waals surface area (Å²) in [7, 11) is 0. The summed E-state index contributed by atoms with van der Waals surface area (Å²) in [6.07, 6.45) is -1.89. The topological polar surface area (TPSA) is 57.8 Å². The lowest BCUT2D eigenvalue weighted by Gasteiger charge is -2.09. The summed E-state index contributed by atoms with van der Waals surface area (Å²) in [6, 6.07) is 8.35. The SMILES string of the molecule is CCCn1c(C)cc(/C=C(\C#N)C(=O)NCc2ccc(C(F)(F)F)cc2)c1C. The number of rotatable bonds is 6. The highest BCUT2D eigenvalue weighted by molar-refractivity contribution is 6.01. The molecule has 28 heavy (non-hydrogen) atoms. The van der Waals surface area contributed by atoms with Crippen molar-refractivity contribution in [3.63, 3.8) is 0 Å². The first-order valence-corrected chi connectivity index (χ1v) is 8.90. The molecule has 0 radical (unpaired) electrons. The van der Waals surface area contributed by atoms with Crippen molar-refractivity contribution in [3.8, 4) is 6.07 Å². The van der Waals surface area contributed by atoms with Crippen LogP contribution in [0.3, 0.4) is 0 Å². The van der Waals surface area contributed by atoms with Gasteiger partial charge in [0.05, 0.1) is 5.56 Å². The van der Waals surface area contributed by atoms with Gasteiger partial charge >= 0.3 is 6.18 Å². The summed E-state index contributed by atoms with van der Waals surface area (Å²) in [5.74, 6) is -0.567. The van der Waals surface area contributed by atoms with E-state index in [9.17, 15) is 23.2 Å². The molecule has 1 aromatic carbocycles. The molecule has 0 unspecified atom stereocenters. The Morgan fingerprint density at radius 1 is 1.25 bits per heavy atom. The summed E-state index contributed by atoms with van der Waals surface area (Å²) >= 11 is 0. The van der Waals surface area contributed by atoms with Crippen LogP contribution in [-0.4, -0.2) is 10.5 Å². The van der Waals surface area contributed by atoms with Crippen LogP contribution in [0.15, 0.2) is 35.9 Å². The summed E-state index contributed by atoms with van der Waals surface area (Å²) in [6.45, 7) is 6.86. The Labute approximate surface area is 162 Å². The van der Waals surface area contributed by atoms with Gasteiger partial charge in [0.25, 0.3) is 5.91 Å². The largest absolute Gasteiger partial charge is 0.416 e. The minimum Gasteiger partial charge on any atom is -0.349 e. The number of halogens is 3. The number of hydrogen-bond acceptors (Lipinski definition) is 2. The van der Waals surface area contributed by atoms with Crippen LogP contribution in [0, 0.1) is 25.2 Å². The van der Waals surface area contributed by atoms with Gasteiger partial charge in [-0.25, -0.2) is 0 Å². The number of aryl methyl sites for hydroxylation is 1. The van der Waals surface area contributed by atoms with Crippen molar-refractivity contribution in [2.24, 2.45) is 0 Å². The van der Waals surface area contributed by atoms with Crippen LogP contribution in [-0.2, 0) is 24.1 Å². The fourth-order valence-corrected chi connectivity index (χ4v) is 2.93. The molecular weight excluding hydrogens is 367 g/mol. The fourth-order valence-electron chi connectivity index (χ4n) is 2.93. The number of nitrogens with one attached hydrogen (secondary N) is 1. The van der Waals surface area contributed by atoms with Gasteiger partial charge in [-0.2, -0.15) is 18.4 Å². The molecule has 0 saturated carbocycles. The fraction of sp³-hybridized carbons (Fsp3) is 0.333. The van der Waals surface area contributed by atoms with Crippen LogP contribution in [0.25, 0.3) is 6.08 Å². The molecule has 0 bridgehead atoms. The van der Waals surface area contributed by atoms with Crippen LogP contribution in [0.4, 0.5) is 13.2 Å². The van der Waals surface area contributed by atoms with E-state index in [-0.39, 0.29) is 12.1 Å². The Hall–Kier alpha value is -3.01. The van der Waals surface area contributed by atoms with Crippen molar-refractivity contribution < 1.29 is 18.0 Å². The lowest BCUT2D eigenvalue weighted by Crippen LogP contribution is -2.24. The van der Waals surface area contributed by atoms with E-state index in [1.165, 1.54) is 18.2 Å². The van der Waals surface area contributed by atoms with Gasteiger partial charge in [-0.1, -0.05) is 19.1 Å². The van der Waals surface area contributed by atoms with Gasteiger partial charge in [0.15, 0.2) is 0 Å². The van der Waals surface area contributed by atoms with Crippen LogP contribution >= 0.6 is 0 Å². The molecule has 148 valence electrons. The van der Waals surface area contributed by atoms with Crippen LogP contribution in [0.1, 0.15) is 41.4 Å². The highest BCUT2D eigenvalue weighted by Crippen LogP contribution is 2.29. The number of amides is 1. The third-order valence-electron chi connectivity index (χ3n) is 4.46. The number of hydrogen-bond donors (Lipinski definition) is 1. The molecule has 0 atom stereocenters. The summed E-state index contributed by atoms with van der Waals surface area (Å²) in [5, 5.41) is 11.9. The van der Waals surface area contributed by atoms with Crippen molar-refractivity contribution in [2.75, 3.05) is 0 Å². The van der Waals surface area contributed by atoms with Crippen LogP contribution in [0.5, 0.6) is 0 Å². The van der Waals surface area contributed by atoms with Crippen LogP contribution in [0.2, 0.25) is 0 Å². The third-order valence-corrected chi connectivity index (χ3v) is 4.46. The molecule has 1 N–H and O–H groups in total. The molecule has 4 nitrogen and oxygen atoms in total. The molecular formula is C21H22F3N3O. The first-order valence-electron chi connectivity index (χ1n) is 8.90. The second-order valence-electron chi connectivity index (χ2n) is 6.53. The zero-order valence-corrected chi connectivity index (χ0v) is 16.0. The van der Waals surface area contributed by atoms with Gasteiger partial charge in [-0.3, -0.25) is 4.79 Å². The van der Waals surface area contributed by atoms with Crippen molar-refractivity contribution in [2.45, 2.75) is 46.5 Å². The molecule has 2 rings (SSSR count). The molecule has 1 aromatic heterocycles. The maximum absolute atomic E-state index is 12.6. The molecule has 0 aliphatic heterocycles. The second-order valence-corrected chi connectivity index (χ2v) is 6.53. The van der Waals surface area contributed by atoms with E-state index in [0.29, 0.717) is 5.56 Å². The maximum atomic E-state index is 12.6. The first-order chi connectivity index (χ1) is 13.2. The van der Waals surface area contributed by atoms with Crippen LogP contribution < -0.4 is 5.32 Å². The Balaban J connectivity index is 2.11. The van der Waals surface area contributed by atoms with Crippen molar-refractivity contribution in [1.29, 1.82) is 5.26 Å². The average molecular weight is 389 g/mol. The molecule has 0 aliphatic rings. The van der Waals surface area contributed by atoms with Gasteiger partial charge in [-0.05, 0) is 55.7 Å². The van der Waals surface area contributed by atoms with E-state index in [2.05, 4.69) is 16.8 Å². The summed E-state index contributed by atoms with van der Waals surface area (Å²) < 4.78 is 39.9. The predicted octanol–water partition coefficient (Wildman–Crippen LogP) is 4.76. The standard InChI is InChI=1S/C21H22F3N3O/c1-4-9-27-14(2)10-17(15(27)3)11-18(12-25)20(28)26-13-16-5-7-19(8-6-16)21(22,23)24/h5-8,10-11H,4,9,13H2,1-3H3,(H,26,28)/b18-11+. The quantitative estimate of drug-likeness (QED) is 0.572. The molecule has 0 spiro atoms. The second kappa shape index (κ2) is 8.79. The van der Waals surface area contributed by atoms with Gasteiger partial charge < -0.3 is 9.88 Å². The predicted molar refractivity (Wildman–Crippen MR) is 101 cm³/mol. The molecule has 1 heterocycles. The third kappa shape index (κ3) is 5.03. The Morgan fingerprint density at radius 3 is 2.43 bits per heavy atom. The smallest absolute Gasteiger partial charge is 0.349 e. The van der Waals surface area contributed by atoms with Crippen molar-refractivity contribution >= 4 is 12.0 Å². The molecule has 0 saturated heterocycles. The molecule has 0 aliphatic carbocycles. The number of benzene rings is 1. The zero-order chi connectivity index (χ0) is 20.9. The monoisotopic (exact) mass is 389 g/mol. The Bertz CT molecular complexity index is 916. The van der Waals surface area contributed by atoms with E-state index < -0.39 is 17.6 Å². The maximum Gasteiger partial charge on any atom is 0.416 e. The summed E-state index contributed by atoms with van der Waals surface area (Å²) in [5.41, 5.74) is 2.54. The number of carbonyl (C=O) groups is 1. The minimum absolute atomic E-state index is 0.0326. The zero-order valence-electron chi connectivity index (χ0n) is 16.0. The van der Waals surface area contributed by atoms with Crippen molar-refractivity contribution in [3.05, 3.63) is 64.0 Å². The van der Waals surface area contributed by atoms with Gasteiger partial charge in [-0.15, -0.1) is 0 Å². The highest BCUT2D eigenvalue weighted by Gasteiger charge is 2.29. The van der Waals surface area contributed by atoms with E-state index in [4.69, 9.17) is 0 Å². The normalized spacial score (nSPS) is 12.0. The molecule has 7 heteroatoms. The van der Waals surface area contributed by atoms with E-state index >= 15 is 0 Å². The summed E-state index contributed by atoms with van der Waals surface area (Å²) in [4.78, 5) is 12.3. The molecule has 0 fully saturated rings. The van der Waals surface area contributed by atoms with Crippen molar-refractivity contribution in [1.82, 2.24) is 9.88 Å². The van der Waals surface area contributed by atoms with Gasteiger partial charge in [0.1, 0.15) is 11.6 Å². The van der Waals surface area contributed by atoms with E-state index in [1.807, 2.05) is 26.0 Å². The Morgan fingerprint density at radius 2 is 1.89 bits per heavy atom. The number of nitriles is 1. The van der Waals surface area contributed by atoms with Gasteiger partial charge in [0, 0.05) is 24.5 Å². The number of carbonyl (C=O) groups excluding carboxylic acids is 1. The molecule has 2 aromatic rings. The van der Waals surface area contributed by atoms with E-state index in [1.54, 1.807) is 0 Å². The molecule has 1 amide bonds. The average Bonchev–Trinajstić information content (AvgIpc) is 2.91. The lowest BCUT2D eigenvalue weighted by atomic mass is 10.1.